The Balaban J connectivity index is 1.94. The number of morpholine rings is 1. The number of hydrazine groups is 1. The number of aliphatic imine (C=N–C) groups is 2. The van der Waals surface area contributed by atoms with Crippen LogP contribution in [0.25, 0.3) is 0 Å². The molecule has 0 atom stereocenters. The summed E-state index contributed by atoms with van der Waals surface area (Å²) < 4.78 is 5.38. The number of ether oxygens (including phenoxy) is 1. The molecule has 0 bridgehead atoms. The summed E-state index contributed by atoms with van der Waals surface area (Å²) in [6.07, 6.45) is 8.41. The monoisotopic (exact) mass is 346 g/mol. The molecule has 2 heterocycles. The first-order valence-electron chi connectivity index (χ1n) is 8.75. The second kappa shape index (κ2) is 10.1. The zero-order chi connectivity index (χ0) is 18.1. The minimum absolute atomic E-state index is 0.745. The van der Waals surface area contributed by atoms with E-state index in [-0.39, 0.29) is 0 Å². The van der Waals surface area contributed by atoms with Crippen LogP contribution in [-0.2, 0) is 4.74 Å². The molecule has 0 aliphatic carbocycles. The maximum Gasteiger partial charge on any atom is 0.147 e. The lowest BCUT2D eigenvalue weighted by Gasteiger charge is -2.25. The number of hydrogen-bond acceptors (Lipinski definition) is 6. The molecule has 0 radical (unpaired) electrons. The highest BCUT2D eigenvalue weighted by Crippen LogP contribution is 2.20. The van der Waals surface area contributed by atoms with Gasteiger partial charge < -0.3 is 15.1 Å². The molecule has 138 valence electrons. The summed E-state index contributed by atoms with van der Waals surface area (Å²) in [5.41, 5.74) is 3.24. The van der Waals surface area contributed by atoms with Crippen LogP contribution in [0, 0.1) is 0 Å². The normalized spacial score (nSPS) is 20.0. The maximum atomic E-state index is 5.69. The maximum absolute atomic E-state index is 5.69. The van der Waals surface area contributed by atoms with Crippen LogP contribution in [0.15, 0.2) is 45.8 Å². The van der Waals surface area contributed by atoms with E-state index in [9.17, 15) is 0 Å². The van der Waals surface area contributed by atoms with E-state index in [1.165, 1.54) is 0 Å². The summed E-state index contributed by atoms with van der Waals surface area (Å²) in [4.78, 5) is 11.7. The molecular formula is C18H30N6O. The van der Waals surface area contributed by atoms with Crippen molar-refractivity contribution in [2.45, 2.75) is 20.3 Å². The first-order chi connectivity index (χ1) is 12.1. The first-order valence-corrected chi connectivity index (χ1v) is 8.75. The Morgan fingerprint density at radius 1 is 1.48 bits per heavy atom. The van der Waals surface area contributed by atoms with Crippen molar-refractivity contribution in [2.24, 2.45) is 15.8 Å². The standard InChI is InChI=1S/C18H30N6O/c1-4-5-20-18(21-6-7-24-8-10-25-11-9-24)17-12-16(13-22-17)15(2)14-23(3)19/h4-5,13-14H,6-12,19H2,1-3H3,(H,20,21)/b5-4-,15-14+. The minimum atomic E-state index is 0.745. The highest BCUT2D eigenvalue weighted by Gasteiger charge is 2.17. The third kappa shape index (κ3) is 6.45. The first kappa shape index (κ1) is 19.4. The van der Waals surface area contributed by atoms with Gasteiger partial charge in [0.05, 0.1) is 25.5 Å². The summed E-state index contributed by atoms with van der Waals surface area (Å²) >= 11 is 0. The van der Waals surface area contributed by atoms with Crippen LogP contribution >= 0.6 is 0 Å². The molecule has 0 aromatic rings. The van der Waals surface area contributed by atoms with Gasteiger partial charge in [0, 0.05) is 45.5 Å². The molecule has 3 N–H and O–H groups in total. The van der Waals surface area contributed by atoms with Crippen LogP contribution in [0.2, 0.25) is 0 Å². The molecule has 0 amide bonds. The number of hydrogen-bond donors (Lipinski definition) is 2. The van der Waals surface area contributed by atoms with Gasteiger partial charge in [-0.05, 0) is 31.2 Å². The topological polar surface area (TPSA) is 78.5 Å². The smallest absolute Gasteiger partial charge is 0.147 e. The van der Waals surface area contributed by atoms with Gasteiger partial charge in [0.1, 0.15) is 5.84 Å². The second-order valence-corrected chi connectivity index (χ2v) is 6.21. The van der Waals surface area contributed by atoms with Crippen molar-refractivity contribution >= 4 is 11.5 Å². The number of nitrogens with two attached hydrogens (primary N) is 1. The van der Waals surface area contributed by atoms with Gasteiger partial charge in [-0.15, -0.1) is 0 Å². The minimum Gasteiger partial charge on any atom is -0.379 e. The summed E-state index contributed by atoms with van der Waals surface area (Å²) in [7, 11) is 1.81. The van der Waals surface area contributed by atoms with Gasteiger partial charge in [0.2, 0.25) is 0 Å². The largest absolute Gasteiger partial charge is 0.379 e. The average Bonchev–Trinajstić information content (AvgIpc) is 3.08. The predicted octanol–water partition coefficient (Wildman–Crippen LogP) is 1.28. The Morgan fingerprint density at radius 3 is 2.92 bits per heavy atom. The molecule has 0 aromatic heterocycles. The molecule has 2 aliphatic rings. The number of nitrogens with zero attached hydrogens (tertiary/aromatic N) is 4. The van der Waals surface area contributed by atoms with Crippen molar-refractivity contribution < 1.29 is 4.74 Å². The average molecular weight is 346 g/mol. The van der Waals surface area contributed by atoms with E-state index in [4.69, 9.17) is 15.6 Å². The lowest BCUT2D eigenvalue weighted by Crippen LogP contribution is -2.38. The van der Waals surface area contributed by atoms with Gasteiger partial charge in [0.15, 0.2) is 0 Å². The van der Waals surface area contributed by atoms with E-state index in [0.717, 1.165) is 68.5 Å². The highest BCUT2D eigenvalue weighted by molar-refractivity contribution is 6.42. The van der Waals surface area contributed by atoms with Crippen molar-refractivity contribution in [1.82, 2.24) is 15.2 Å². The summed E-state index contributed by atoms with van der Waals surface area (Å²) in [5.74, 6) is 6.53. The SMILES string of the molecule is C/C=C\NC(=NCCN1CCOCC1)C1=NC=C(/C(C)=C/N(C)N)C1. The molecule has 0 aromatic carbocycles. The van der Waals surface area contributed by atoms with Crippen LogP contribution in [0.3, 0.4) is 0 Å². The fourth-order valence-corrected chi connectivity index (χ4v) is 2.71. The number of rotatable bonds is 7. The van der Waals surface area contributed by atoms with Gasteiger partial charge in [0.25, 0.3) is 0 Å². The molecule has 2 aliphatic heterocycles. The van der Waals surface area contributed by atoms with Crippen molar-refractivity contribution in [3.05, 3.63) is 35.8 Å². The molecule has 0 spiro atoms. The fraction of sp³-hybridized carbons (Fsp3) is 0.556. The lowest BCUT2D eigenvalue weighted by atomic mass is 10.0. The quantitative estimate of drug-likeness (QED) is 0.314. The van der Waals surface area contributed by atoms with Crippen LogP contribution in [0.5, 0.6) is 0 Å². The van der Waals surface area contributed by atoms with E-state index in [2.05, 4.69) is 15.2 Å². The molecule has 7 nitrogen and oxygen atoms in total. The Kier molecular flexibility index (Phi) is 7.84. The molecule has 7 heteroatoms. The third-order valence-corrected chi connectivity index (χ3v) is 4.09. The van der Waals surface area contributed by atoms with Gasteiger partial charge >= 0.3 is 0 Å². The van der Waals surface area contributed by atoms with E-state index < -0.39 is 0 Å². The van der Waals surface area contributed by atoms with E-state index in [0.29, 0.717) is 0 Å². The predicted molar refractivity (Wildman–Crippen MR) is 103 cm³/mol. The van der Waals surface area contributed by atoms with Crippen molar-refractivity contribution in [1.29, 1.82) is 0 Å². The van der Waals surface area contributed by atoms with E-state index in [1.807, 2.05) is 45.6 Å². The molecular weight excluding hydrogens is 316 g/mol. The number of allylic oxidation sites excluding steroid dienone is 3. The Labute approximate surface area is 150 Å². The lowest BCUT2D eigenvalue weighted by molar-refractivity contribution is 0.0394. The molecule has 25 heavy (non-hydrogen) atoms. The summed E-state index contributed by atoms with van der Waals surface area (Å²) in [5, 5.41) is 4.82. The Hall–Kier alpha value is -1.96. The van der Waals surface area contributed by atoms with Gasteiger partial charge in [-0.2, -0.15) is 0 Å². The van der Waals surface area contributed by atoms with Crippen LogP contribution in [-0.4, -0.2) is 67.9 Å². The van der Waals surface area contributed by atoms with Crippen molar-refractivity contribution in [3.8, 4) is 0 Å². The fourth-order valence-electron chi connectivity index (χ4n) is 2.71. The second-order valence-electron chi connectivity index (χ2n) is 6.21. The summed E-state index contributed by atoms with van der Waals surface area (Å²) in [6.45, 7) is 9.30. The van der Waals surface area contributed by atoms with E-state index >= 15 is 0 Å². The Morgan fingerprint density at radius 2 is 2.24 bits per heavy atom. The van der Waals surface area contributed by atoms with Crippen molar-refractivity contribution in [2.75, 3.05) is 46.4 Å². The summed E-state index contributed by atoms with van der Waals surface area (Å²) in [6, 6.07) is 0. The molecule has 1 saturated heterocycles. The van der Waals surface area contributed by atoms with E-state index in [1.54, 1.807) is 5.01 Å². The van der Waals surface area contributed by atoms with Gasteiger partial charge in [-0.3, -0.25) is 14.9 Å². The molecule has 2 rings (SSSR count). The molecule has 0 unspecified atom stereocenters. The number of nitrogens with one attached hydrogen (secondary N) is 1. The highest BCUT2D eigenvalue weighted by atomic mass is 16.5. The zero-order valence-electron chi connectivity index (χ0n) is 15.5. The van der Waals surface area contributed by atoms with Crippen molar-refractivity contribution in [3.63, 3.8) is 0 Å². The van der Waals surface area contributed by atoms with Gasteiger partial charge in [-0.25, -0.2) is 5.84 Å². The molecule has 1 fully saturated rings. The van der Waals surface area contributed by atoms with Gasteiger partial charge in [-0.1, -0.05) is 6.08 Å². The third-order valence-electron chi connectivity index (χ3n) is 4.09. The van der Waals surface area contributed by atoms with Crippen LogP contribution in [0.1, 0.15) is 20.3 Å². The van der Waals surface area contributed by atoms with Crippen LogP contribution in [0.4, 0.5) is 0 Å². The zero-order valence-corrected chi connectivity index (χ0v) is 15.5. The number of amidine groups is 1. The van der Waals surface area contributed by atoms with Crippen LogP contribution < -0.4 is 11.2 Å². The Bertz CT molecular complexity index is 582. The molecule has 0 saturated carbocycles.